The third-order valence-electron chi connectivity index (χ3n) is 3.65. The minimum absolute atomic E-state index is 0.217. The van der Waals surface area contributed by atoms with Gasteiger partial charge < -0.3 is 5.32 Å². The van der Waals surface area contributed by atoms with Crippen LogP contribution in [0.1, 0.15) is 15.5 Å². The van der Waals surface area contributed by atoms with Crippen LogP contribution in [0.15, 0.2) is 54.6 Å². The smallest absolute Gasteiger partial charge is 0.273 e. The molecule has 0 spiro atoms. The first-order valence-electron chi connectivity index (χ1n) is 7.48. The molecule has 0 atom stereocenters. The number of amides is 1. The van der Waals surface area contributed by atoms with E-state index >= 15 is 0 Å². The van der Waals surface area contributed by atoms with E-state index in [1.54, 1.807) is 17.4 Å². The quantitative estimate of drug-likeness (QED) is 0.588. The summed E-state index contributed by atoms with van der Waals surface area (Å²) in [5.74, 6) is -0.217. The Labute approximate surface area is 142 Å². The molecule has 2 N–H and O–H groups in total. The number of rotatable bonds is 3. The minimum atomic E-state index is -0.217. The van der Waals surface area contributed by atoms with Crippen molar-refractivity contribution < 1.29 is 4.79 Å². The minimum Gasteiger partial charge on any atom is -0.321 e. The van der Waals surface area contributed by atoms with E-state index in [9.17, 15) is 4.79 Å². The number of nitrogens with zero attached hydrogens (tertiary/aromatic N) is 2. The van der Waals surface area contributed by atoms with Crippen LogP contribution in [0.4, 0.5) is 5.69 Å². The summed E-state index contributed by atoms with van der Waals surface area (Å²) < 4.78 is 1.06. The molecule has 0 aliphatic heterocycles. The number of aromatic nitrogens is 3. The van der Waals surface area contributed by atoms with Crippen LogP contribution in [0.2, 0.25) is 0 Å². The Bertz CT molecular complexity index is 1020. The lowest BCUT2D eigenvalue weighted by Crippen LogP contribution is -2.12. The number of fused-ring (bicyclic) bond motifs is 1. The number of carbonyl (C=O) groups is 1. The van der Waals surface area contributed by atoms with Crippen LogP contribution in [-0.4, -0.2) is 21.1 Å². The molecule has 2 aromatic heterocycles. The highest BCUT2D eigenvalue weighted by molar-refractivity contribution is 7.18. The Morgan fingerprint density at radius 1 is 1.12 bits per heavy atom. The molecule has 0 bridgehead atoms. The van der Waals surface area contributed by atoms with Gasteiger partial charge in [-0.05, 0) is 31.2 Å². The molecule has 0 saturated carbocycles. The summed E-state index contributed by atoms with van der Waals surface area (Å²) in [5.41, 5.74) is 3.83. The van der Waals surface area contributed by atoms with Crippen LogP contribution in [0.3, 0.4) is 0 Å². The summed E-state index contributed by atoms with van der Waals surface area (Å²) in [4.78, 5) is 16.8. The standard InChI is InChI=1S/C18H14N4OS/c1-11-19-14-8-7-13(9-17(14)24-11)20-18(23)16-10-15(21-22-16)12-5-3-2-4-6-12/h2-10H,1H3,(H,20,23)(H,21,22). The number of H-pyrrole nitrogens is 1. The average molecular weight is 334 g/mol. The van der Waals surface area contributed by atoms with Crippen molar-refractivity contribution in [2.45, 2.75) is 6.92 Å². The molecular weight excluding hydrogens is 320 g/mol. The first kappa shape index (κ1) is 14.6. The van der Waals surface area contributed by atoms with E-state index in [-0.39, 0.29) is 5.91 Å². The molecule has 2 aromatic carbocycles. The van der Waals surface area contributed by atoms with Gasteiger partial charge in [-0.15, -0.1) is 11.3 Å². The van der Waals surface area contributed by atoms with Gasteiger partial charge in [0, 0.05) is 11.3 Å². The Hall–Kier alpha value is -2.99. The number of aryl methyl sites for hydroxylation is 1. The molecule has 4 aromatic rings. The lowest BCUT2D eigenvalue weighted by atomic mass is 10.1. The number of aromatic amines is 1. The van der Waals surface area contributed by atoms with Gasteiger partial charge in [0.1, 0.15) is 5.69 Å². The molecule has 5 nitrogen and oxygen atoms in total. The van der Waals surface area contributed by atoms with Crippen LogP contribution in [0, 0.1) is 6.92 Å². The highest BCUT2D eigenvalue weighted by atomic mass is 32.1. The molecule has 2 heterocycles. The van der Waals surface area contributed by atoms with Gasteiger partial charge in [0.15, 0.2) is 0 Å². The van der Waals surface area contributed by atoms with Crippen LogP contribution < -0.4 is 5.32 Å². The van der Waals surface area contributed by atoms with Gasteiger partial charge >= 0.3 is 0 Å². The highest BCUT2D eigenvalue weighted by Gasteiger charge is 2.12. The van der Waals surface area contributed by atoms with Crippen LogP contribution in [0.25, 0.3) is 21.5 Å². The van der Waals surface area contributed by atoms with Crippen molar-refractivity contribution in [3.8, 4) is 11.3 Å². The second-order valence-corrected chi connectivity index (χ2v) is 6.64. The maximum atomic E-state index is 12.4. The monoisotopic (exact) mass is 334 g/mol. The summed E-state index contributed by atoms with van der Waals surface area (Å²) in [6, 6.07) is 17.2. The van der Waals surface area contributed by atoms with Gasteiger partial charge in [-0.3, -0.25) is 9.89 Å². The number of thiazole rings is 1. The number of anilines is 1. The number of hydrogen-bond donors (Lipinski definition) is 2. The number of nitrogens with one attached hydrogen (secondary N) is 2. The number of hydrogen-bond acceptors (Lipinski definition) is 4. The Morgan fingerprint density at radius 3 is 2.79 bits per heavy atom. The molecule has 4 rings (SSSR count). The van der Waals surface area contributed by atoms with Gasteiger partial charge in [0.05, 0.1) is 20.9 Å². The molecule has 0 radical (unpaired) electrons. The zero-order valence-corrected chi connectivity index (χ0v) is 13.7. The van der Waals surface area contributed by atoms with Crippen molar-refractivity contribution in [3.63, 3.8) is 0 Å². The molecule has 0 unspecified atom stereocenters. The molecular formula is C18H14N4OS. The molecule has 1 amide bonds. The molecule has 0 aliphatic rings. The van der Waals surface area contributed by atoms with Crippen LogP contribution >= 0.6 is 11.3 Å². The van der Waals surface area contributed by atoms with E-state index in [1.165, 1.54) is 0 Å². The molecule has 0 saturated heterocycles. The van der Waals surface area contributed by atoms with E-state index in [0.717, 1.165) is 32.2 Å². The lowest BCUT2D eigenvalue weighted by molar-refractivity contribution is 0.102. The highest BCUT2D eigenvalue weighted by Crippen LogP contribution is 2.25. The van der Waals surface area contributed by atoms with Gasteiger partial charge in [0.25, 0.3) is 5.91 Å². The maximum absolute atomic E-state index is 12.4. The van der Waals surface area contributed by atoms with Gasteiger partial charge in [-0.2, -0.15) is 5.10 Å². The van der Waals surface area contributed by atoms with E-state index < -0.39 is 0 Å². The molecule has 24 heavy (non-hydrogen) atoms. The predicted molar refractivity (Wildman–Crippen MR) is 96.3 cm³/mol. The summed E-state index contributed by atoms with van der Waals surface area (Å²) in [5, 5.41) is 10.9. The summed E-state index contributed by atoms with van der Waals surface area (Å²) in [6.45, 7) is 1.97. The zero-order chi connectivity index (χ0) is 16.5. The van der Waals surface area contributed by atoms with Gasteiger partial charge in [0.2, 0.25) is 0 Å². The molecule has 0 aliphatic carbocycles. The second kappa shape index (κ2) is 5.90. The fourth-order valence-electron chi connectivity index (χ4n) is 2.51. The normalized spacial score (nSPS) is 10.9. The number of benzene rings is 2. The van der Waals surface area contributed by atoms with Gasteiger partial charge in [-0.25, -0.2) is 4.98 Å². The van der Waals surface area contributed by atoms with Crippen molar-refractivity contribution in [3.05, 3.63) is 65.3 Å². The fourth-order valence-corrected chi connectivity index (χ4v) is 3.38. The third-order valence-corrected chi connectivity index (χ3v) is 4.58. The topological polar surface area (TPSA) is 70.7 Å². The van der Waals surface area contributed by atoms with Crippen LogP contribution in [0.5, 0.6) is 0 Å². The Balaban J connectivity index is 1.56. The van der Waals surface area contributed by atoms with Crippen molar-refractivity contribution >= 4 is 33.1 Å². The molecule has 0 fully saturated rings. The first-order valence-corrected chi connectivity index (χ1v) is 8.30. The zero-order valence-electron chi connectivity index (χ0n) is 12.9. The first-order chi connectivity index (χ1) is 11.7. The molecule has 6 heteroatoms. The van der Waals surface area contributed by atoms with Crippen LogP contribution in [-0.2, 0) is 0 Å². The SMILES string of the molecule is Cc1nc2ccc(NC(=O)c3cc(-c4ccccc4)n[nH]3)cc2s1. The van der Waals surface area contributed by atoms with Crippen molar-refractivity contribution in [1.82, 2.24) is 15.2 Å². The summed E-state index contributed by atoms with van der Waals surface area (Å²) in [7, 11) is 0. The van der Waals surface area contributed by atoms with E-state index in [4.69, 9.17) is 0 Å². The van der Waals surface area contributed by atoms with E-state index in [1.807, 2.05) is 55.5 Å². The van der Waals surface area contributed by atoms with Gasteiger partial charge in [-0.1, -0.05) is 30.3 Å². The van der Waals surface area contributed by atoms with Crippen molar-refractivity contribution in [2.75, 3.05) is 5.32 Å². The average Bonchev–Trinajstić information content (AvgIpc) is 3.21. The largest absolute Gasteiger partial charge is 0.321 e. The fraction of sp³-hybridized carbons (Fsp3) is 0.0556. The summed E-state index contributed by atoms with van der Waals surface area (Å²) in [6.07, 6.45) is 0. The lowest BCUT2D eigenvalue weighted by Gasteiger charge is -2.02. The Kier molecular flexibility index (Phi) is 3.59. The van der Waals surface area contributed by atoms with Crippen molar-refractivity contribution in [2.24, 2.45) is 0 Å². The van der Waals surface area contributed by atoms with E-state index in [0.29, 0.717) is 5.69 Å². The second-order valence-electron chi connectivity index (χ2n) is 5.40. The third kappa shape index (κ3) is 2.79. The Morgan fingerprint density at radius 2 is 1.96 bits per heavy atom. The predicted octanol–water partition coefficient (Wildman–Crippen LogP) is 4.25. The maximum Gasteiger partial charge on any atom is 0.273 e. The summed E-state index contributed by atoms with van der Waals surface area (Å²) >= 11 is 1.61. The molecule has 118 valence electrons. The van der Waals surface area contributed by atoms with Crippen molar-refractivity contribution in [1.29, 1.82) is 0 Å². The van der Waals surface area contributed by atoms with E-state index in [2.05, 4.69) is 20.5 Å². The number of carbonyl (C=O) groups excluding carboxylic acids is 1.